The average Bonchev–Trinajstić information content (AvgIpc) is 3.33. The zero-order valence-corrected chi connectivity index (χ0v) is 16.0. The first kappa shape index (κ1) is 19.6. The molecule has 7 nitrogen and oxygen atoms in total. The number of carbonyl (C=O) groups excluding carboxylic acids is 2. The molecular formula is C19H19FN4O3S. The van der Waals surface area contributed by atoms with Crippen LogP contribution >= 0.6 is 11.3 Å². The number of nitrogens with one attached hydrogen (secondary N) is 2. The van der Waals surface area contributed by atoms with Crippen LogP contribution in [0.4, 0.5) is 4.39 Å². The zero-order chi connectivity index (χ0) is 19.9. The van der Waals surface area contributed by atoms with Gasteiger partial charge in [0, 0.05) is 31.7 Å². The molecule has 0 spiro atoms. The van der Waals surface area contributed by atoms with Crippen LogP contribution in [0.2, 0.25) is 0 Å². The molecule has 0 bridgehead atoms. The second-order valence-electron chi connectivity index (χ2n) is 5.89. The van der Waals surface area contributed by atoms with E-state index in [0.29, 0.717) is 23.0 Å². The molecule has 0 radical (unpaired) electrons. The van der Waals surface area contributed by atoms with E-state index in [2.05, 4.69) is 15.6 Å². The molecule has 0 fully saturated rings. The molecular weight excluding hydrogens is 383 g/mol. The van der Waals surface area contributed by atoms with Crippen molar-refractivity contribution in [3.8, 4) is 5.75 Å². The minimum Gasteiger partial charge on any atom is -0.486 e. The van der Waals surface area contributed by atoms with Gasteiger partial charge < -0.3 is 19.9 Å². The van der Waals surface area contributed by atoms with Crippen molar-refractivity contribution >= 4 is 23.2 Å². The van der Waals surface area contributed by atoms with Crippen molar-refractivity contribution in [2.45, 2.75) is 6.61 Å². The number of ether oxygens (including phenoxy) is 1. The van der Waals surface area contributed by atoms with Gasteiger partial charge in [0.05, 0.1) is 0 Å². The molecule has 2 heterocycles. The number of hydrogen-bond acceptors (Lipinski definition) is 5. The predicted molar refractivity (Wildman–Crippen MR) is 103 cm³/mol. The van der Waals surface area contributed by atoms with Gasteiger partial charge in [0.25, 0.3) is 11.8 Å². The Bertz CT molecular complexity index is 952. The van der Waals surface area contributed by atoms with E-state index in [1.165, 1.54) is 35.6 Å². The Labute approximate surface area is 165 Å². The number of nitrogens with zero attached hydrogens (tertiary/aromatic N) is 2. The summed E-state index contributed by atoms with van der Waals surface area (Å²) in [4.78, 5) is 28.3. The molecule has 0 atom stereocenters. The maximum absolute atomic E-state index is 12.9. The quantitative estimate of drug-likeness (QED) is 0.567. The fourth-order valence-corrected chi connectivity index (χ4v) is 3.07. The number of hydrogen-bond donors (Lipinski definition) is 2. The summed E-state index contributed by atoms with van der Waals surface area (Å²) in [5.41, 5.74) is 0.841. The summed E-state index contributed by atoms with van der Waals surface area (Å²) in [6.07, 6.45) is 1.79. The topological polar surface area (TPSA) is 85.2 Å². The summed E-state index contributed by atoms with van der Waals surface area (Å²) in [7, 11) is 1.79. The highest BCUT2D eigenvalue weighted by molar-refractivity contribution is 7.09. The number of amides is 2. The number of halogens is 1. The Morgan fingerprint density at radius 3 is 2.54 bits per heavy atom. The fourth-order valence-electron chi connectivity index (χ4n) is 2.39. The van der Waals surface area contributed by atoms with E-state index in [1.54, 1.807) is 35.3 Å². The number of thiazole rings is 1. The lowest BCUT2D eigenvalue weighted by Crippen LogP contribution is -2.35. The van der Waals surface area contributed by atoms with Crippen molar-refractivity contribution in [2.24, 2.45) is 7.05 Å². The molecule has 28 heavy (non-hydrogen) atoms. The van der Waals surface area contributed by atoms with E-state index < -0.39 is 0 Å². The van der Waals surface area contributed by atoms with Gasteiger partial charge in [-0.05, 0) is 36.4 Å². The monoisotopic (exact) mass is 402 g/mol. The zero-order valence-electron chi connectivity index (χ0n) is 15.1. The summed E-state index contributed by atoms with van der Waals surface area (Å²) >= 11 is 1.30. The molecule has 0 saturated carbocycles. The van der Waals surface area contributed by atoms with Crippen LogP contribution in [0, 0.1) is 5.82 Å². The van der Waals surface area contributed by atoms with Gasteiger partial charge in [0.1, 0.15) is 34.6 Å². The molecule has 0 saturated heterocycles. The molecule has 1 aromatic carbocycles. The van der Waals surface area contributed by atoms with Gasteiger partial charge >= 0.3 is 0 Å². The molecule has 0 aliphatic carbocycles. The van der Waals surface area contributed by atoms with E-state index in [-0.39, 0.29) is 36.5 Å². The SMILES string of the molecule is Cn1cccc1C(=O)NCCNC(=O)c1csc(COc2ccc(F)cc2)n1. The van der Waals surface area contributed by atoms with Gasteiger partial charge in [-0.25, -0.2) is 9.37 Å². The van der Waals surface area contributed by atoms with E-state index in [9.17, 15) is 14.0 Å². The van der Waals surface area contributed by atoms with Crippen molar-refractivity contribution in [1.29, 1.82) is 0 Å². The largest absolute Gasteiger partial charge is 0.486 e. The minimum atomic E-state index is -0.333. The number of rotatable bonds is 8. The molecule has 3 aromatic rings. The predicted octanol–water partition coefficient (Wildman–Crippen LogP) is 2.36. The summed E-state index contributed by atoms with van der Waals surface area (Å²) in [5, 5.41) is 7.72. The van der Waals surface area contributed by atoms with Crippen LogP contribution < -0.4 is 15.4 Å². The van der Waals surface area contributed by atoms with Crippen LogP contribution in [-0.4, -0.2) is 34.5 Å². The summed E-state index contributed by atoms with van der Waals surface area (Å²) in [6, 6.07) is 9.19. The number of carbonyl (C=O) groups is 2. The lowest BCUT2D eigenvalue weighted by atomic mass is 10.3. The summed E-state index contributed by atoms with van der Waals surface area (Å²) < 4.78 is 20.1. The van der Waals surface area contributed by atoms with Gasteiger partial charge in [-0.2, -0.15) is 0 Å². The van der Waals surface area contributed by atoms with Gasteiger partial charge in [-0.3, -0.25) is 9.59 Å². The Morgan fingerprint density at radius 1 is 1.14 bits per heavy atom. The van der Waals surface area contributed by atoms with Gasteiger partial charge in [-0.15, -0.1) is 11.3 Å². The van der Waals surface area contributed by atoms with Crippen LogP contribution in [-0.2, 0) is 13.7 Å². The minimum absolute atomic E-state index is 0.191. The van der Waals surface area contributed by atoms with Gasteiger partial charge in [0.15, 0.2) is 0 Å². The van der Waals surface area contributed by atoms with E-state index in [1.807, 2.05) is 0 Å². The highest BCUT2D eigenvalue weighted by Gasteiger charge is 2.12. The van der Waals surface area contributed by atoms with Crippen LogP contribution in [0.25, 0.3) is 0 Å². The average molecular weight is 402 g/mol. The highest BCUT2D eigenvalue weighted by atomic mass is 32.1. The molecule has 146 valence electrons. The Hall–Kier alpha value is -3.20. The molecule has 9 heteroatoms. The maximum atomic E-state index is 12.9. The second kappa shape index (κ2) is 9.14. The maximum Gasteiger partial charge on any atom is 0.270 e. The third-order valence-electron chi connectivity index (χ3n) is 3.83. The fraction of sp³-hybridized carbons (Fsp3) is 0.211. The van der Waals surface area contributed by atoms with Gasteiger partial charge in [0.2, 0.25) is 0 Å². The molecule has 0 aliphatic heterocycles. The van der Waals surface area contributed by atoms with Crippen molar-refractivity contribution in [2.75, 3.05) is 13.1 Å². The Morgan fingerprint density at radius 2 is 1.86 bits per heavy atom. The lowest BCUT2D eigenvalue weighted by Gasteiger charge is -2.07. The van der Waals surface area contributed by atoms with Crippen LogP contribution in [0.15, 0.2) is 48.0 Å². The third kappa shape index (κ3) is 5.17. The first-order valence-corrected chi connectivity index (χ1v) is 9.41. The number of aryl methyl sites for hydroxylation is 1. The smallest absolute Gasteiger partial charge is 0.270 e. The van der Waals surface area contributed by atoms with Crippen LogP contribution in [0.1, 0.15) is 26.0 Å². The highest BCUT2D eigenvalue weighted by Crippen LogP contribution is 2.16. The molecule has 2 N–H and O–H groups in total. The molecule has 2 amide bonds. The van der Waals surface area contributed by atoms with E-state index in [0.717, 1.165) is 0 Å². The van der Waals surface area contributed by atoms with E-state index in [4.69, 9.17) is 4.74 Å². The molecule has 2 aromatic heterocycles. The molecule has 3 rings (SSSR count). The van der Waals surface area contributed by atoms with E-state index >= 15 is 0 Å². The summed E-state index contributed by atoms with van der Waals surface area (Å²) in [5.74, 6) is -0.329. The van der Waals surface area contributed by atoms with Crippen molar-refractivity contribution < 1.29 is 18.7 Å². The van der Waals surface area contributed by atoms with Crippen molar-refractivity contribution in [3.63, 3.8) is 0 Å². The van der Waals surface area contributed by atoms with Gasteiger partial charge in [-0.1, -0.05) is 0 Å². The Balaban J connectivity index is 1.40. The third-order valence-corrected chi connectivity index (χ3v) is 4.66. The van der Waals surface area contributed by atoms with Crippen molar-refractivity contribution in [3.05, 3.63) is 70.2 Å². The molecule has 0 aliphatic rings. The van der Waals surface area contributed by atoms with Crippen LogP contribution in [0.5, 0.6) is 5.75 Å². The summed E-state index contributed by atoms with van der Waals surface area (Å²) in [6.45, 7) is 0.782. The number of benzene rings is 1. The normalized spacial score (nSPS) is 10.5. The first-order valence-electron chi connectivity index (χ1n) is 8.53. The van der Waals surface area contributed by atoms with Crippen molar-refractivity contribution in [1.82, 2.24) is 20.2 Å². The lowest BCUT2D eigenvalue weighted by molar-refractivity contribution is 0.0921. The standard InChI is InChI=1S/C19H19FN4O3S/c1-24-10-2-3-16(24)19(26)22-9-8-21-18(25)15-12-28-17(23-15)11-27-14-6-4-13(20)5-7-14/h2-7,10,12H,8-9,11H2,1H3,(H,21,25)(H,22,26). The second-order valence-corrected chi connectivity index (χ2v) is 6.83. The molecule has 0 unspecified atom stereocenters. The Kier molecular flexibility index (Phi) is 6.38. The first-order chi connectivity index (χ1) is 13.5. The van der Waals surface area contributed by atoms with Crippen LogP contribution in [0.3, 0.4) is 0 Å². The number of aromatic nitrogens is 2.